The minimum atomic E-state index is -0.0925. The lowest BCUT2D eigenvalue weighted by Gasteiger charge is -2.11. The van der Waals surface area contributed by atoms with E-state index in [1.54, 1.807) is 12.3 Å². The molecule has 0 saturated heterocycles. The van der Waals surface area contributed by atoms with Crippen LogP contribution >= 0.6 is 11.6 Å². The number of halogens is 1. The van der Waals surface area contributed by atoms with E-state index in [-0.39, 0.29) is 5.91 Å². The van der Waals surface area contributed by atoms with Crippen LogP contribution in [-0.4, -0.2) is 10.9 Å². The minimum Gasteiger partial charge on any atom is -0.354 e. The SMILES string of the molecule is Cc1c(Cl)cccc1Nc1ccc(NC(=O)Cc2ccccc2)nc1. The summed E-state index contributed by atoms with van der Waals surface area (Å²) in [5, 5.41) is 6.79. The molecular formula is C20H18ClN3O. The first-order valence-electron chi connectivity index (χ1n) is 7.94. The van der Waals surface area contributed by atoms with Gasteiger partial charge in [-0.3, -0.25) is 4.79 Å². The Kier molecular flexibility index (Phi) is 5.31. The predicted molar refractivity (Wildman–Crippen MR) is 102 cm³/mol. The van der Waals surface area contributed by atoms with Crippen molar-refractivity contribution in [3.05, 3.63) is 83.0 Å². The maximum absolute atomic E-state index is 12.1. The summed E-state index contributed by atoms with van der Waals surface area (Å²) in [5.41, 5.74) is 3.70. The molecule has 0 aliphatic rings. The molecule has 0 bridgehead atoms. The van der Waals surface area contributed by atoms with Crippen molar-refractivity contribution in [1.29, 1.82) is 0 Å². The second-order valence-electron chi connectivity index (χ2n) is 5.68. The monoisotopic (exact) mass is 351 g/mol. The summed E-state index contributed by atoms with van der Waals surface area (Å²) in [6.07, 6.45) is 2.00. The summed E-state index contributed by atoms with van der Waals surface area (Å²) in [4.78, 5) is 16.3. The molecule has 0 unspecified atom stereocenters. The third kappa shape index (κ3) is 4.58. The van der Waals surface area contributed by atoms with E-state index in [0.717, 1.165) is 22.5 Å². The molecule has 25 heavy (non-hydrogen) atoms. The molecule has 0 spiro atoms. The normalized spacial score (nSPS) is 10.3. The zero-order chi connectivity index (χ0) is 17.6. The van der Waals surface area contributed by atoms with Gasteiger partial charge in [0.25, 0.3) is 0 Å². The first kappa shape index (κ1) is 17.0. The number of nitrogens with zero attached hydrogens (tertiary/aromatic N) is 1. The molecule has 1 heterocycles. The molecule has 2 aromatic carbocycles. The van der Waals surface area contributed by atoms with E-state index in [0.29, 0.717) is 17.3 Å². The van der Waals surface area contributed by atoms with Crippen molar-refractivity contribution in [1.82, 2.24) is 4.98 Å². The Bertz CT molecular complexity index is 864. The van der Waals surface area contributed by atoms with E-state index >= 15 is 0 Å². The van der Waals surface area contributed by atoms with Crippen LogP contribution in [0.3, 0.4) is 0 Å². The fraction of sp³-hybridized carbons (Fsp3) is 0.100. The molecule has 0 fully saturated rings. The minimum absolute atomic E-state index is 0.0925. The van der Waals surface area contributed by atoms with Gasteiger partial charge in [0.1, 0.15) is 5.82 Å². The molecule has 0 atom stereocenters. The largest absolute Gasteiger partial charge is 0.354 e. The summed E-state index contributed by atoms with van der Waals surface area (Å²) in [6.45, 7) is 1.95. The Hall–Kier alpha value is -2.85. The van der Waals surface area contributed by atoms with Gasteiger partial charge in [0.05, 0.1) is 18.3 Å². The van der Waals surface area contributed by atoms with Crippen molar-refractivity contribution in [3.63, 3.8) is 0 Å². The number of benzene rings is 2. The number of anilines is 3. The summed E-state index contributed by atoms with van der Waals surface area (Å²) in [5.74, 6) is 0.430. The number of amides is 1. The third-order valence-corrected chi connectivity index (χ3v) is 4.19. The van der Waals surface area contributed by atoms with E-state index in [1.165, 1.54) is 0 Å². The molecule has 1 aromatic heterocycles. The van der Waals surface area contributed by atoms with Gasteiger partial charge >= 0.3 is 0 Å². The Morgan fingerprint density at radius 3 is 2.56 bits per heavy atom. The van der Waals surface area contributed by atoms with Crippen LogP contribution in [0, 0.1) is 6.92 Å². The van der Waals surface area contributed by atoms with Gasteiger partial charge in [-0.1, -0.05) is 48.0 Å². The number of pyridine rings is 1. The Morgan fingerprint density at radius 2 is 1.84 bits per heavy atom. The lowest BCUT2D eigenvalue weighted by atomic mass is 10.1. The molecule has 5 heteroatoms. The van der Waals surface area contributed by atoms with Crippen LogP contribution < -0.4 is 10.6 Å². The van der Waals surface area contributed by atoms with Crippen LogP contribution in [0.2, 0.25) is 5.02 Å². The summed E-state index contributed by atoms with van der Waals surface area (Å²) < 4.78 is 0. The van der Waals surface area contributed by atoms with Crippen molar-refractivity contribution in [2.75, 3.05) is 10.6 Å². The van der Waals surface area contributed by atoms with Gasteiger partial charge in [0.2, 0.25) is 5.91 Å². The van der Waals surface area contributed by atoms with Crippen molar-refractivity contribution in [2.45, 2.75) is 13.3 Å². The first-order valence-corrected chi connectivity index (χ1v) is 8.31. The van der Waals surface area contributed by atoms with Crippen molar-refractivity contribution in [3.8, 4) is 0 Å². The average molecular weight is 352 g/mol. The summed E-state index contributed by atoms with van der Waals surface area (Å²) >= 11 is 6.13. The van der Waals surface area contributed by atoms with Crippen molar-refractivity contribution >= 4 is 34.7 Å². The van der Waals surface area contributed by atoms with Crippen molar-refractivity contribution in [2.24, 2.45) is 0 Å². The van der Waals surface area contributed by atoms with Crippen LogP contribution in [0.15, 0.2) is 66.9 Å². The molecule has 1 amide bonds. The lowest BCUT2D eigenvalue weighted by Crippen LogP contribution is -2.15. The van der Waals surface area contributed by atoms with Crippen LogP contribution in [-0.2, 0) is 11.2 Å². The third-order valence-electron chi connectivity index (χ3n) is 3.79. The Balaban J connectivity index is 1.62. The molecule has 0 saturated carbocycles. The number of hydrogen-bond donors (Lipinski definition) is 2. The van der Waals surface area contributed by atoms with Gasteiger partial charge in [0.15, 0.2) is 0 Å². The summed E-state index contributed by atoms with van der Waals surface area (Å²) in [7, 11) is 0. The number of carbonyl (C=O) groups excluding carboxylic acids is 1. The Labute approximate surface area is 151 Å². The maximum Gasteiger partial charge on any atom is 0.229 e. The van der Waals surface area contributed by atoms with Crippen LogP contribution in [0.1, 0.15) is 11.1 Å². The second-order valence-corrected chi connectivity index (χ2v) is 6.09. The van der Waals surface area contributed by atoms with E-state index < -0.39 is 0 Å². The average Bonchev–Trinajstić information content (AvgIpc) is 2.61. The highest BCUT2D eigenvalue weighted by atomic mass is 35.5. The molecule has 2 N–H and O–H groups in total. The molecule has 0 aliphatic carbocycles. The molecule has 4 nitrogen and oxygen atoms in total. The number of carbonyl (C=O) groups is 1. The summed E-state index contributed by atoms with van der Waals surface area (Å²) in [6, 6.07) is 18.9. The van der Waals surface area contributed by atoms with Gasteiger partial charge in [-0.25, -0.2) is 4.98 Å². The fourth-order valence-electron chi connectivity index (χ4n) is 2.41. The Morgan fingerprint density at radius 1 is 1.04 bits per heavy atom. The quantitative estimate of drug-likeness (QED) is 0.682. The second kappa shape index (κ2) is 7.81. The van der Waals surface area contributed by atoms with E-state index in [4.69, 9.17) is 11.6 Å². The van der Waals surface area contributed by atoms with Gasteiger partial charge in [0, 0.05) is 10.7 Å². The topological polar surface area (TPSA) is 54.0 Å². The van der Waals surface area contributed by atoms with Gasteiger partial charge < -0.3 is 10.6 Å². The van der Waals surface area contributed by atoms with E-state index in [9.17, 15) is 4.79 Å². The van der Waals surface area contributed by atoms with Gasteiger partial charge in [-0.2, -0.15) is 0 Å². The predicted octanol–water partition coefficient (Wildman–Crippen LogP) is 4.97. The van der Waals surface area contributed by atoms with Crippen LogP contribution in [0.4, 0.5) is 17.2 Å². The molecule has 0 aliphatic heterocycles. The fourth-order valence-corrected chi connectivity index (χ4v) is 2.58. The van der Waals surface area contributed by atoms with Gasteiger partial charge in [-0.15, -0.1) is 0 Å². The zero-order valence-corrected chi connectivity index (χ0v) is 14.5. The van der Waals surface area contributed by atoms with E-state index in [1.807, 2.05) is 61.5 Å². The maximum atomic E-state index is 12.1. The molecular weight excluding hydrogens is 334 g/mol. The number of hydrogen-bond acceptors (Lipinski definition) is 3. The highest BCUT2D eigenvalue weighted by Gasteiger charge is 2.06. The highest BCUT2D eigenvalue weighted by Crippen LogP contribution is 2.26. The zero-order valence-electron chi connectivity index (χ0n) is 13.8. The highest BCUT2D eigenvalue weighted by molar-refractivity contribution is 6.31. The molecule has 3 rings (SSSR count). The smallest absolute Gasteiger partial charge is 0.229 e. The first-order chi connectivity index (χ1) is 12.1. The lowest BCUT2D eigenvalue weighted by molar-refractivity contribution is -0.115. The van der Waals surface area contributed by atoms with Crippen LogP contribution in [0.5, 0.6) is 0 Å². The molecule has 3 aromatic rings. The van der Waals surface area contributed by atoms with E-state index in [2.05, 4.69) is 15.6 Å². The molecule has 0 radical (unpaired) electrons. The van der Waals surface area contributed by atoms with Crippen LogP contribution in [0.25, 0.3) is 0 Å². The molecule has 126 valence electrons. The number of aromatic nitrogens is 1. The van der Waals surface area contributed by atoms with Gasteiger partial charge in [-0.05, 0) is 42.3 Å². The number of rotatable bonds is 5. The van der Waals surface area contributed by atoms with Crippen molar-refractivity contribution < 1.29 is 4.79 Å². The number of nitrogens with one attached hydrogen (secondary N) is 2. The standard InChI is InChI=1S/C20H18ClN3O/c1-14-17(21)8-5-9-18(14)23-16-10-11-19(22-13-16)24-20(25)12-15-6-3-2-4-7-15/h2-11,13,23H,12H2,1H3,(H,22,24,25).